The van der Waals surface area contributed by atoms with E-state index in [1.807, 2.05) is 54.3 Å². The lowest BCUT2D eigenvalue weighted by molar-refractivity contribution is -0.124. The zero-order valence-electron chi connectivity index (χ0n) is 14.9. The second kappa shape index (κ2) is 6.83. The van der Waals surface area contributed by atoms with Crippen LogP contribution in [0.2, 0.25) is 0 Å². The molecule has 134 valence electrons. The molecule has 0 N–H and O–H groups in total. The summed E-state index contributed by atoms with van der Waals surface area (Å²) in [5, 5.41) is 0. The van der Waals surface area contributed by atoms with Crippen LogP contribution >= 0.6 is 0 Å². The smallest absolute Gasteiger partial charge is 0.232 e. The fourth-order valence-corrected chi connectivity index (χ4v) is 3.80. The van der Waals surface area contributed by atoms with Gasteiger partial charge in [0.15, 0.2) is 0 Å². The van der Waals surface area contributed by atoms with Crippen molar-refractivity contribution in [2.24, 2.45) is 5.92 Å². The number of anilines is 2. The summed E-state index contributed by atoms with van der Waals surface area (Å²) in [7, 11) is 0. The van der Waals surface area contributed by atoms with Gasteiger partial charge in [-0.15, -0.1) is 0 Å². The van der Waals surface area contributed by atoms with Gasteiger partial charge in [-0.05, 0) is 49.2 Å². The van der Waals surface area contributed by atoms with Crippen molar-refractivity contribution in [2.75, 3.05) is 29.5 Å². The van der Waals surface area contributed by atoms with Gasteiger partial charge in [-0.1, -0.05) is 18.2 Å². The van der Waals surface area contributed by atoms with Crippen LogP contribution in [0.15, 0.2) is 48.5 Å². The molecule has 0 aliphatic carbocycles. The highest BCUT2D eigenvalue weighted by Crippen LogP contribution is 2.32. The normalized spacial score (nSPS) is 19.0. The zero-order valence-corrected chi connectivity index (χ0v) is 14.9. The summed E-state index contributed by atoms with van der Waals surface area (Å²) in [6, 6.07) is 15.5. The fraction of sp³-hybridized carbons (Fsp3) is 0.333. The van der Waals surface area contributed by atoms with Crippen LogP contribution in [-0.4, -0.2) is 31.5 Å². The van der Waals surface area contributed by atoms with E-state index < -0.39 is 0 Å². The highest BCUT2D eigenvalue weighted by Gasteiger charge is 2.38. The predicted octanol–water partition coefficient (Wildman–Crippen LogP) is 3.03. The summed E-state index contributed by atoms with van der Waals surface area (Å²) in [6.07, 6.45) is 1.15. The Hall–Kier alpha value is -2.82. The van der Waals surface area contributed by atoms with Gasteiger partial charge in [0.1, 0.15) is 5.75 Å². The van der Waals surface area contributed by atoms with Gasteiger partial charge >= 0.3 is 0 Å². The van der Waals surface area contributed by atoms with Gasteiger partial charge in [0.05, 0.1) is 12.5 Å². The molecule has 2 aliphatic heterocycles. The maximum Gasteiger partial charge on any atom is 0.232 e. The van der Waals surface area contributed by atoms with Crippen molar-refractivity contribution in [3.05, 3.63) is 54.1 Å². The minimum Gasteiger partial charge on any atom is -0.494 e. The molecular weight excluding hydrogens is 328 g/mol. The number of ether oxygens (including phenoxy) is 1. The zero-order chi connectivity index (χ0) is 18.1. The molecule has 0 radical (unpaired) electrons. The molecule has 2 aromatic rings. The number of amides is 2. The van der Waals surface area contributed by atoms with Gasteiger partial charge in [0, 0.05) is 30.9 Å². The van der Waals surface area contributed by atoms with E-state index in [1.54, 1.807) is 4.90 Å². The van der Waals surface area contributed by atoms with Crippen molar-refractivity contribution in [1.29, 1.82) is 0 Å². The molecule has 2 amide bonds. The number of rotatable bonds is 4. The van der Waals surface area contributed by atoms with Gasteiger partial charge in [-0.2, -0.15) is 0 Å². The second-order valence-corrected chi connectivity index (χ2v) is 6.70. The SMILES string of the molecule is CCOc1ccc(N2C[C@@H](C(=O)N3CCc4ccccc43)CC2=O)cc1. The van der Waals surface area contributed by atoms with Crippen molar-refractivity contribution in [2.45, 2.75) is 19.8 Å². The minimum atomic E-state index is -0.291. The van der Waals surface area contributed by atoms with Crippen molar-refractivity contribution in [3.63, 3.8) is 0 Å². The maximum atomic E-state index is 13.0. The molecule has 2 heterocycles. The lowest BCUT2D eigenvalue weighted by Gasteiger charge is -2.22. The van der Waals surface area contributed by atoms with Crippen LogP contribution < -0.4 is 14.5 Å². The quantitative estimate of drug-likeness (QED) is 0.852. The molecule has 0 aromatic heterocycles. The molecule has 5 nitrogen and oxygen atoms in total. The Bertz CT molecular complexity index is 831. The van der Waals surface area contributed by atoms with Gasteiger partial charge < -0.3 is 14.5 Å². The van der Waals surface area contributed by atoms with Crippen molar-refractivity contribution in [1.82, 2.24) is 0 Å². The molecule has 4 rings (SSSR count). The standard InChI is InChI=1S/C21H22N2O3/c1-2-26-18-9-7-17(8-10-18)23-14-16(13-20(23)24)21(25)22-12-11-15-5-3-4-6-19(15)22/h3-10,16H,2,11-14H2,1H3/t16-/m0/s1. The third kappa shape index (κ3) is 2.94. The first-order valence-corrected chi connectivity index (χ1v) is 9.10. The fourth-order valence-electron chi connectivity index (χ4n) is 3.80. The van der Waals surface area contributed by atoms with E-state index in [0.717, 1.165) is 23.5 Å². The first kappa shape index (κ1) is 16.6. The van der Waals surface area contributed by atoms with Crippen molar-refractivity contribution in [3.8, 4) is 5.75 Å². The molecule has 26 heavy (non-hydrogen) atoms. The third-order valence-corrected chi connectivity index (χ3v) is 5.09. The van der Waals surface area contributed by atoms with Crippen LogP contribution in [-0.2, 0) is 16.0 Å². The minimum absolute atomic E-state index is 0.00000743. The van der Waals surface area contributed by atoms with Crippen LogP contribution in [0.5, 0.6) is 5.75 Å². The molecule has 5 heteroatoms. The number of carbonyl (C=O) groups is 2. The van der Waals surface area contributed by atoms with Crippen LogP contribution in [0, 0.1) is 5.92 Å². The monoisotopic (exact) mass is 350 g/mol. The van der Waals surface area contributed by atoms with E-state index in [0.29, 0.717) is 19.7 Å². The first-order valence-electron chi connectivity index (χ1n) is 9.10. The number of para-hydroxylation sites is 1. The Morgan fingerprint density at radius 3 is 2.69 bits per heavy atom. The lowest BCUT2D eigenvalue weighted by atomic mass is 10.1. The predicted molar refractivity (Wildman–Crippen MR) is 101 cm³/mol. The van der Waals surface area contributed by atoms with Crippen LogP contribution in [0.25, 0.3) is 0 Å². The largest absolute Gasteiger partial charge is 0.494 e. The van der Waals surface area contributed by atoms with E-state index in [1.165, 1.54) is 5.56 Å². The molecule has 0 unspecified atom stereocenters. The number of hydrogen-bond donors (Lipinski definition) is 0. The van der Waals surface area contributed by atoms with E-state index in [-0.39, 0.29) is 24.2 Å². The Morgan fingerprint density at radius 1 is 1.15 bits per heavy atom. The number of benzene rings is 2. The number of hydrogen-bond acceptors (Lipinski definition) is 3. The molecule has 2 aromatic carbocycles. The molecule has 2 aliphatic rings. The van der Waals surface area contributed by atoms with Crippen LogP contribution in [0.4, 0.5) is 11.4 Å². The van der Waals surface area contributed by atoms with E-state index in [9.17, 15) is 9.59 Å². The topological polar surface area (TPSA) is 49.9 Å². The Balaban J connectivity index is 1.48. The maximum absolute atomic E-state index is 13.0. The molecule has 0 spiro atoms. The van der Waals surface area contributed by atoms with E-state index in [2.05, 4.69) is 6.07 Å². The third-order valence-electron chi connectivity index (χ3n) is 5.09. The Kier molecular flexibility index (Phi) is 4.37. The summed E-state index contributed by atoms with van der Waals surface area (Å²) >= 11 is 0. The van der Waals surface area contributed by atoms with E-state index >= 15 is 0 Å². The average Bonchev–Trinajstić information content (AvgIpc) is 3.26. The Labute approximate surface area is 153 Å². The van der Waals surface area contributed by atoms with Crippen molar-refractivity contribution >= 4 is 23.2 Å². The summed E-state index contributed by atoms with van der Waals surface area (Å²) in [5.41, 5.74) is 3.01. The molecule has 0 bridgehead atoms. The summed E-state index contributed by atoms with van der Waals surface area (Å²) in [5.74, 6) is 0.543. The summed E-state index contributed by atoms with van der Waals surface area (Å²) in [6.45, 7) is 3.68. The second-order valence-electron chi connectivity index (χ2n) is 6.70. The molecular formula is C21H22N2O3. The Morgan fingerprint density at radius 2 is 1.92 bits per heavy atom. The first-order chi connectivity index (χ1) is 12.7. The summed E-state index contributed by atoms with van der Waals surface area (Å²) < 4.78 is 5.45. The van der Waals surface area contributed by atoms with Crippen LogP contribution in [0.3, 0.4) is 0 Å². The number of carbonyl (C=O) groups excluding carboxylic acids is 2. The number of fused-ring (bicyclic) bond motifs is 1. The highest BCUT2D eigenvalue weighted by atomic mass is 16.5. The highest BCUT2D eigenvalue weighted by molar-refractivity contribution is 6.05. The van der Waals surface area contributed by atoms with Gasteiger partial charge in [-0.3, -0.25) is 9.59 Å². The number of nitrogens with zero attached hydrogens (tertiary/aromatic N) is 2. The molecule has 1 atom stereocenters. The van der Waals surface area contributed by atoms with Gasteiger partial charge in [0.25, 0.3) is 0 Å². The molecule has 0 saturated carbocycles. The van der Waals surface area contributed by atoms with E-state index in [4.69, 9.17) is 4.74 Å². The molecule has 1 fully saturated rings. The summed E-state index contributed by atoms with van der Waals surface area (Å²) in [4.78, 5) is 29.0. The average molecular weight is 350 g/mol. The van der Waals surface area contributed by atoms with Crippen LogP contribution in [0.1, 0.15) is 18.9 Å². The molecule has 1 saturated heterocycles. The van der Waals surface area contributed by atoms with Gasteiger partial charge in [-0.25, -0.2) is 0 Å². The van der Waals surface area contributed by atoms with Crippen molar-refractivity contribution < 1.29 is 14.3 Å². The lowest BCUT2D eigenvalue weighted by Crippen LogP contribution is -2.36. The van der Waals surface area contributed by atoms with Gasteiger partial charge in [0.2, 0.25) is 11.8 Å².